The zero-order valence-corrected chi connectivity index (χ0v) is 23.0. The number of nitrogens with zero attached hydrogens (tertiary/aromatic N) is 2. The molecule has 0 radical (unpaired) electrons. The van der Waals surface area contributed by atoms with Crippen LogP contribution in [0.1, 0.15) is 36.9 Å². The predicted molar refractivity (Wildman–Crippen MR) is 151 cm³/mol. The second-order valence-corrected chi connectivity index (χ2v) is 10.1. The number of halogens is 1. The molecule has 0 saturated carbocycles. The maximum atomic E-state index is 13.9. The van der Waals surface area contributed by atoms with Crippen LogP contribution in [0.15, 0.2) is 66.2 Å². The van der Waals surface area contributed by atoms with Gasteiger partial charge in [0.15, 0.2) is 16.6 Å². The normalized spacial score (nSPS) is 16.5. The average Bonchev–Trinajstić information content (AvgIpc) is 3.49. The van der Waals surface area contributed by atoms with Crippen molar-refractivity contribution in [3.8, 4) is 17.2 Å². The number of aliphatic hydroxyl groups is 1. The molecule has 1 aromatic heterocycles. The van der Waals surface area contributed by atoms with Gasteiger partial charge in [-0.2, -0.15) is 0 Å². The smallest absolute Gasteiger partial charge is 0.301 e. The van der Waals surface area contributed by atoms with E-state index in [1.807, 2.05) is 0 Å². The van der Waals surface area contributed by atoms with Gasteiger partial charge in [0.2, 0.25) is 0 Å². The molecule has 1 aliphatic rings. The number of carbonyl (C=O) groups excluding carboxylic acids is 2. The van der Waals surface area contributed by atoms with Gasteiger partial charge in [0.1, 0.15) is 17.3 Å². The maximum absolute atomic E-state index is 13.9. The number of anilines is 1. The van der Waals surface area contributed by atoms with E-state index in [-0.39, 0.29) is 16.5 Å². The first-order chi connectivity index (χ1) is 19.4. The average molecular weight is 563 g/mol. The number of rotatable bonds is 9. The van der Waals surface area contributed by atoms with Crippen molar-refractivity contribution >= 4 is 44.1 Å². The van der Waals surface area contributed by atoms with E-state index in [0.29, 0.717) is 45.2 Å². The van der Waals surface area contributed by atoms with Crippen molar-refractivity contribution in [3.63, 3.8) is 0 Å². The number of benzene rings is 3. The van der Waals surface area contributed by atoms with Crippen LogP contribution >= 0.6 is 11.3 Å². The molecule has 1 N–H and O–H groups in total. The summed E-state index contributed by atoms with van der Waals surface area (Å²) in [7, 11) is 2.98. The van der Waals surface area contributed by atoms with Crippen molar-refractivity contribution in [1.29, 1.82) is 0 Å². The minimum absolute atomic E-state index is 0.117. The number of methoxy groups -OCH3 is 2. The van der Waals surface area contributed by atoms with Crippen molar-refractivity contribution in [2.75, 3.05) is 25.7 Å². The van der Waals surface area contributed by atoms with Gasteiger partial charge in [-0.3, -0.25) is 14.5 Å². The molecule has 206 valence electrons. The Morgan fingerprint density at radius 3 is 2.60 bits per heavy atom. The van der Waals surface area contributed by atoms with Crippen LogP contribution in [0.2, 0.25) is 0 Å². The lowest BCUT2D eigenvalue weighted by molar-refractivity contribution is -0.132. The van der Waals surface area contributed by atoms with Gasteiger partial charge in [-0.05, 0) is 54.4 Å². The summed E-state index contributed by atoms with van der Waals surface area (Å²) < 4.78 is 31.0. The number of aliphatic hydroxyl groups excluding tert-OH is 1. The highest BCUT2D eigenvalue weighted by Gasteiger charge is 2.48. The molecule has 1 unspecified atom stereocenters. The molecule has 8 nitrogen and oxygen atoms in total. The quantitative estimate of drug-likeness (QED) is 0.111. The molecule has 5 rings (SSSR count). The van der Waals surface area contributed by atoms with Gasteiger partial charge in [0.25, 0.3) is 5.78 Å². The van der Waals surface area contributed by atoms with Crippen LogP contribution in [0.4, 0.5) is 9.52 Å². The summed E-state index contributed by atoms with van der Waals surface area (Å²) in [5.74, 6) is -1.17. The van der Waals surface area contributed by atoms with Crippen LogP contribution in [0.5, 0.6) is 17.2 Å². The van der Waals surface area contributed by atoms with Crippen LogP contribution in [0.3, 0.4) is 0 Å². The van der Waals surface area contributed by atoms with Gasteiger partial charge in [0, 0.05) is 5.56 Å². The minimum Gasteiger partial charge on any atom is -0.507 e. The van der Waals surface area contributed by atoms with Gasteiger partial charge < -0.3 is 19.3 Å². The number of hydrogen-bond acceptors (Lipinski definition) is 8. The SMILES string of the molecule is CCCCOc1cccc(/C(O)=C2\C(=O)C(=O)N(c3nc4ccc(F)cc4s3)C2c2ccc(OC)c(OC)c2)c1. The predicted octanol–water partition coefficient (Wildman–Crippen LogP) is 6.26. The molecule has 1 amide bonds. The number of aromatic nitrogens is 1. The Morgan fingerprint density at radius 1 is 1.05 bits per heavy atom. The summed E-state index contributed by atoms with van der Waals surface area (Å²) in [4.78, 5) is 32.8. The van der Waals surface area contributed by atoms with Crippen molar-refractivity contribution in [2.45, 2.75) is 25.8 Å². The highest BCUT2D eigenvalue weighted by Crippen LogP contribution is 2.46. The second kappa shape index (κ2) is 11.4. The van der Waals surface area contributed by atoms with Gasteiger partial charge in [-0.1, -0.05) is 42.9 Å². The van der Waals surface area contributed by atoms with E-state index in [1.54, 1.807) is 42.5 Å². The third kappa shape index (κ3) is 4.98. The number of ether oxygens (including phenoxy) is 3. The fraction of sp³-hybridized carbons (Fsp3) is 0.233. The van der Waals surface area contributed by atoms with Gasteiger partial charge >= 0.3 is 5.91 Å². The molecule has 4 aromatic rings. The Labute approximate surface area is 234 Å². The van der Waals surface area contributed by atoms with Gasteiger partial charge in [-0.15, -0.1) is 0 Å². The summed E-state index contributed by atoms with van der Waals surface area (Å²) in [6.45, 7) is 2.57. The number of Topliss-reactive ketones (excluding diaryl/α,β-unsaturated/α-hetero) is 1. The second-order valence-electron chi connectivity index (χ2n) is 9.12. The number of thiazole rings is 1. The first-order valence-corrected chi connectivity index (χ1v) is 13.5. The first-order valence-electron chi connectivity index (χ1n) is 12.7. The number of carbonyl (C=O) groups is 2. The molecule has 0 aliphatic carbocycles. The van der Waals surface area contributed by atoms with Gasteiger partial charge in [-0.25, -0.2) is 9.37 Å². The molecule has 1 saturated heterocycles. The largest absolute Gasteiger partial charge is 0.507 e. The molecular weight excluding hydrogens is 535 g/mol. The maximum Gasteiger partial charge on any atom is 0.301 e. The standard InChI is InChI=1S/C30H27FN2O6S/c1-4-5-13-39-20-8-6-7-18(14-20)27(34)25-26(17-9-12-22(37-2)23(15-17)38-3)33(29(36)28(25)35)30-32-21-11-10-19(31)16-24(21)40-30/h6-12,14-16,26,34H,4-5,13H2,1-3H3/b27-25+. The summed E-state index contributed by atoms with van der Waals surface area (Å²) in [6.07, 6.45) is 1.83. The van der Waals surface area contributed by atoms with Crippen LogP contribution in [0.25, 0.3) is 16.0 Å². The fourth-order valence-corrected chi connectivity index (χ4v) is 5.60. The molecular formula is C30H27FN2O6S. The van der Waals surface area contributed by atoms with E-state index in [2.05, 4.69) is 11.9 Å². The van der Waals surface area contributed by atoms with E-state index >= 15 is 0 Å². The first kappa shape index (κ1) is 27.1. The fourth-order valence-electron chi connectivity index (χ4n) is 4.58. The van der Waals surface area contributed by atoms with Crippen molar-refractivity contribution < 1.29 is 33.3 Å². The molecule has 3 aromatic carbocycles. The molecule has 1 aliphatic heterocycles. The van der Waals surface area contributed by atoms with E-state index in [4.69, 9.17) is 14.2 Å². The Hall–Kier alpha value is -4.44. The molecule has 0 spiro atoms. The number of hydrogen-bond donors (Lipinski definition) is 1. The Balaban J connectivity index is 1.68. The lowest BCUT2D eigenvalue weighted by Gasteiger charge is -2.23. The van der Waals surface area contributed by atoms with Crippen LogP contribution in [0, 0.1) is 5.82 Å². The highest BCUT2D eigenvalue weighted by atomic mass is 32.1. The number of fused-ring (bicyclic) bond motifs is 1. The van der Waals surface area contributed by atoms with Crippen LogP contribution in [-0.2, 0) is 9.59 Å². The third-order valence-electron chi connectivity index (χ3n) is 6.59. The van der Waals surface area contributed by atoms with Crippen LogP contribution in [-0.4, -0.2) is 42.6 Å². The molecule has 40 heavy (non-hydrogen) atoms. The zero-order valence-electron chi connectivity index (χ0n) is 22.1. The topological polar surface area (TPSA) is 98.2 Å². The third-order valence-corrected chi connectivity index (χ3v) is 7.60. The summed E-state index contributed by atoms with van der Waals surface area (Å²) in [6, 6.07) is 14.8. The highest BCUT2D eigenvalue weighted by molar-refractivity contribution is 7.22. The number of unbranched alkanes of at least 4 members (excludes halogenated alkanes) is 1. The minimum atomic E-state index is -1.05. The molecule has 10 heteroatoms. The van der Waals surface area contributed by atoms with E-state index < -0.39 is 23.5 Å². The molecule has 0 bridgehead atoms. The van der Waals surface area contributed by atoms with E-state index in [0.717, 1.165) is 24.2 Å². The lowest BCUT2D eigenvalue weighted by Crippen LogP contribution is -2.29. The molecule has 1 atom stereocenters. The Kier molecular flexibility index (Phi) is 7.70. The lowest BCUT2D eigenvalue weighted by atomic mass is 9.95. The van der Waals surface area contributed by atoms with Crippen molar-refractivity contribution in [2.24, 2.45) is 0 Å². The summed E-state index contributed by atoms with van der Waals surface area (Å²) in [5, 5.41) is 11.7. The number of ketones is 1. The van der Waals surface area contributed by atoms with Gasteiger partial charge in [0.05, 0.1) is 42.7 Å². The zero-order chi connectivity index (χ0) is 28.4. The molecule has 1 fully saturated rings. The molecule has 2 heterocycles. The Bertz CT molecular complexity index is 1630. The van der Waals surface area contributed by atoms with Crippen LogP contribution < -0.4 is 19.1 Å². The van der Waals surface area contributed by atoms with Crippen molar-refractivity contribution in [3.05, 3.63) is 83.2 Å². The summed E-state index contributed by atoms with van der Waals surface area (Å²) >= 11 is 1.08. The van der Waals surface area contributed by atoms with Crippen molar-refractivity contribution in [1.82, 2.24) is 4.98 Å². The Morgan fingerprint density at radius 2 is 1.85 bits per heavy atom. The van der Waals surface area contributed by atoms with E-state index in [1.165, 1.54) is 37.3 Å². The monoisotopic (exact) mass is 562 g/mol. The number of amides is 1. The van der Waals surface area contributed by atoms with E-state index in [9.17, 15) is 19.1 Å². The summed E-state index contributed by atoms with van der Waals surface area (Å²) in [5.41, 5.74) is 1.17.